The quantitative estimate of drug-likeness (QED) is 0.850. The molecule has 2 aromatic rings. The van der Waals surface area contributed by atoms with Crippen molar-refractivity contribution in [1.82, 2.24) is 4.98 Å². The zero-order valence-electron chi connectivity index (χ0n) is 10.8. The zero-order valence-corrected chi connectivity index (χ0v) is 11.6. The Labute approximate surface area is 114 Å². The van der Waals surface area contributed by atoms with Gasteiger partial charge in [0.25, 0.3) is 0 Å². The van der Waals surface area contributed by atoms with Crippen LogP contribution in [0.25, 0.3) is 11.1 Å². The normalized spacial score (nSPS) is 14.4. The molecule has 0 aromatic carbocycles. The van der Waals surface area contributed by atoms with E-state index in [9.17, 15) is 4.79 Å². The number of nitrogens with zero attached hydrogens (tertiary/aromatic N) is 1. The number of aromatic nitrogens is 1. The molecule has 0 bridgehead atoms. The minimum atomic E-state index is -0.187. The summed E-state index contributed by atoms with van der Waals surface area (Å²) in [4.78, 5) is 15.9. The van der Waals surface area contributed by atoms with Crippen molar-refractivity contribution in [2.24, 2.45) is 0 Å². The van der Waals surface area contributed by atoms with Crippen molar-refractivity contribution < 1.29 is 13.9 Å². The summed E-state index contributed by atoms with van der Waals surface area (Å²) in [5.74, 6) is 2.44. The molecule has 100 valence electrons. The third kappa shape index (κ3) is 1.78. The fourth-order valence-electron chi connectivity index (χ4n) is 2.45. The van der Waals surface area contributed by atoms with Crippen LogP contribution in [-0.4, -0.2) is 23.6 Å². The number of ketones is 1. The van der Waals surface area contributed by atoms with Gasteiger partial charge in [-0.1, -0.05) is 0 Å². The van der Waals surface area contributed by atoms with E-state index in [0.29, 0.717) is 17.3 Å². The predicted molar refractivity (Wildman–Crippen MR) is 74.8 cm³/mol. The van der Waals surface area contributed by atoms with E-state index in [1.807, 2.05) is 11.8 Å². The number of thioether (sulfide) groups is 1. The number of ether oxygens (including phenoxy) is 1. The first-order valence-corrected chi connectivity index (χ1v) is 7.15. The van der Waals surface area contributed by atoms with Gasteiger partial charge in [0, 0.05) is 18.2 Å². The van der Waals surface area contributed by atoms with Crippen molar-refractivity contribution in [2.45, 2.75) is 19.1 Å². The van der Waals surface area contributed by atoms with Crippen LogP contribution in [0.5, 0.6) is 5.88 Å². The van der Waals surface area contributed by atoms with Crippen LogP contribution in [0.15, 0.2) is 4.42 Å². The summed E-state index contributed by atoms with van der Waals surface area (Å²) in [6, 6.07) is 0. The van der Waals surface area contributed by atoms with Crippen LogP contribution in [0.4, 0.5) is 5.69 Å². The van der Waals surface area contributed by atoms with Crippen LogP contribution in [-0.2, 0) is 12.2 Å². The lowest BCUT2D eigenvalue weighted by Gasteiger charge is -2.18. The molecule has 0 saturated carbocycles. The molecule has 0 amide bonds. The number of hydrogen-bond donors (Lipinski definition) is 1. The van der Waals surface area contributed by atoms with Crippen molar-refractivity contribution >= 4 is 34.3 Å². The van der Waals surface area contributed by atoms with Crippen LogP contribution in [0.2, 0.25) is 0 Å². The number of rotatable bonds is 2. The Morgan fingerprint density at radius 3 is 2.95 bits per heavy atom. The third-order valence-electron chi connectivity index (χ3n) is 3.31. The van der Waals surface area contributed by atoms with Crippen LogP contribution < -0.4 is 10.5 Å². The van der Waals surface area contributed by atoms with E-state index < -0.39 is 0 Å². The number of pyridine rings is 1. The molecule has 0 aliphatic carbocycles. The predicted octanol–water partition coefficient (Wildman–Crippen LogP) is 2.41. The first kappa shape index (κ1) is 12.3. The summed E-state index contributed by atoms with van der Waals surface area (Å²) < 4.78 is 10.8. The van der Waals surface area contributed by atoms with E-state index in [1.165, 1.54) is 6.92 Å². The summed E-state index contributed by atoms with van der Waals surface area (Å²) in [5.41, 5.74) is 9.02. The standard InChI is InChI=1S/C13H14N2O3S/c1-6(16)11-10(14)9-7-3-4-19-5-8(7)12(17-2)15-13(9)18-11/h3-5,14H2,1-2H3. The molecule has 1 aliphatic rings. The summed E-state index contributed by atoms with van der Waals surface area (Å²) in [7, 11) is 1.59. The molecule has 2 aromatic heterocycles. The molecular weight excluding hydrogens is 264 g/mol. The number of carbonyl (C=O) groups is 1. The highest BCUT2D eigenvalue weighted by Gasteiger charge is 2.25. The van der Waals surface area contributed by atoms with Crippen molar-refractivity contribution in [2.75, 3.05) is 18.6 Å². The highest BCUT2D eigenvalue weighted by atomic mass is 32.2. The van der Waals surface area contributed by atoms with Crippen LogP contribution in [0, 0.1) is 0 Å². The van der Waals surface area contributed by atoms with Gasteiger partial charge in [-0.25, -0.2) is 0 Å². The zero-order chi connectivity index (χ0) is 13.6. The lowest BCUT2D eigenvalue weighted by Crippen LogP contribution is -2.07. The van der Waals surface area contributed by atoms with Gasteiger partial charge in [0.05, 0.1) is 18.2 Å². The molecule has 0 fully saturated rings. The summed E-state index contributed by atoms with van der Waals surface area (Å²) in [6.45, 7) is 1.44. The van der Waals surface area contributed by atoms with Gasteiger partial charge in [-0.3, -0.25) is 4.79 Å². The molecule has 2 N–H and O–H groups in total. The van der Waals surface area contributed by atoms with Gasteiger partial charge in [0.1, 0.15) is 0 Å². The maximum atomic E-state index is 11.5. The monoisotopic (exact) mass is 278 g/mol. The van der Waals surface area contributed by atoms with Gasteiger partial charge in [-0.05, 0) is 17.7 Å². The number of fused-ring (bicyclic) bond motifs is 3. The third-order valence-corrected chi connectivity index (χ3v) is 4.30. The number of nitrogen functional groups attached to an aromatic ring is 1. The number of nitrogens with two attached hydrogens (primary N) is 1. The SMILES string of the molecule is COc1nc2oc(C(C)=O)c(N)c2c2c1CSCC2. The topological polar surface area (TPSA) is 78.4 Å². The second-order valence-corrected chi connectivity index (χ2v) is 5.57. The Hall–Kier alpha value is -1.69. The van der Waals surface area contributed by atoms with Gasteiger partial charge in [-0.15, -0.1) is 0 Å². The number of carbonyl (C=O) groups excluding carboxylic acids is 1. The second kappa shape index (κ2) is 4.45. The summed E-state index contributed by atoms with van der Waals surface area (Å²) in [6.07, 6.45) is 0.885. The van der Waals surface area contributed by atoms with Crippen molar-refractivity contribution in [1.29, 1.82) is 0 Å². The first-order chi connectivity index (χ1) is 9.13. The molecule has 0 atom stereocenters. The molecule has 0 saturated heterocycles. The lowest BCUT2D eigenvalue weighted by molar-refractivity contribution is 0.0990. The number of anilines is 1. The van der Waals surface area contributed by atoms with Crippen molar-refractivity contribution in [3.05, 3.63) is 16.9 Å². The maximum Gasteiger partial charge on any atom is 0.232 e. The first-order valence-electron chi connectivity index (χ1n) is 6.00. The van der Waals surface area contributed by atoms with Crippen LogP contribution in [0.3, 0.4) is 0 Å². The highest BCUT2D eigenvalue weighted by Crippen LogP contribution is 2.40. The molecule has 3 rings (SSSR count). The van der Waals surface area contributed by atoms with Gasteiger partial charge >= 0.3 is 0 Å². The molecule has 0 spiro atoms. The molecule has 3 heterocycles. The number of Topliss-reactive ketones (excluding diaryl/α,β-unsaturated/α-hetero) is 1. The minimum absolute atomic E-state index is 0.187. The van der Waals surface area contributed by atoms with Gasteiger partial charge in [0.2, 0.25) is 11.6 Å². The molecule has 1 aliphatic heterocycles. The number of hydrogen-bond acceptors (Lipinski definition) is 6. The Morgan fingerprint density at radius 1 is 1.47 bits per heavy atom. The van der Waals surface area contributed by atoms with E-state index in [2.05, 4.69) is 4.98 Å². The molecule has 5 nitrogen and oxygen atoms in total. The van der Waals surface area contributed by atoms with E-state index in [1.54, 1.807) is 7.11 Å². The highest BCUT2D eigenvalue weighted by molar-refractivity contribution is 7.98. The van der Waals surface area contributed by atoms with E-state index >= 15 is 0 Å². The van der Waals surface area contributed by atoms with Gasteiger partial charge < -0.3 is 14.9 Å². The molecule has 6 heteroatoms. The van der Waals surface area contributed by atoms with E-state index in [4.69, 9.17) is 14.9 Å². The average Bonchev–Trinajstić information content (AvgIpc) is 2.75. The number of aryl methyl sites for hydroxylation is 1. The Morgan fingerprint density at radius 2 is 2.26 bits per heavy atom. The average molecular weight is 278 g/mol. The van der Waals surface area contributed by atoms with Gasteiger partial charge in [-0.2, -0.15) is 16.7 Å². The summed E-state index contributed by atoms with van der Waals surface area (Å²) >= 11 is 1.84. The molecular formula is C13H14N2O3S. The number of furan rings is 1. The van der Waals surface area contributed by atoms with E-state index in [0.717, 1.165) is 34.4 Å². The molecule has 0 unspecified atom stereocenters. The van der Waals surface area contributed by atoms with Crippen LogP contribution >= 0.6 is 11.8 Å². The maximum absolute atomic E-state index is 11.5. The number of methoxy groups -OCH3 is 1. The lowest BCUT2D eigenvalue weighted by atomic mass is 10.0. The Bertz CT molecular complexity index is 678. The fourth-order valence-corrected chi connectivity index (χ4v) is 3.44. The smallest absolute Gasteiger partial charge is 0.232 e. The largest absolute Gasteiger partial charge is 0.481 e. The van der Waals surface area contributed by atoms with Crippen LogP contribution in [0.1, 0.15) is 28.6 Å². The Balaban J connectivity index is 2.38. The Kier molecular flexibility index (Phi) is 2.89. The molecule has 0 radical (unpaired) electrons. The van der Waals surface area contributed by atoms with Crippen molar-refractivity contribution in [3.63, 3.8) is 0 Å². The van der Waals surface area contributed by atoms with Gasteiger partial charge in [0.15, 0.2) is 11.5 Å². The summed E-state index contributed by atoms with van der Waals surface area (Å²) in [5, 5.41) is 0.779. The molecule has 19 heavy (non-hydrogen) atoms. The van der Waals surface area contributed by atoms with Crippen molar-refractivity contribution in [3.8, 4) is 5.88 Å². The van der Waals surface area contributed by atoms with E-state index in [-0.39, 0.29) is 11.5 Å². The second-order valence-electron chi connectivity index (χ2n) is 4.46. The fraction of sp³-hybridized carbons (Fsp3) is 0.385. The minimum Gasteiger partial charge on any atom is -0.481 e.